The third-order valence-corrected chi connectivity index (χ3v) is 7.64. The van der Waals surface area contributed by atoms with Crippen molar-refractivity contribution in [1.82, 2.24) is 4.90 Å². The number of carbonyl (C=O) groups is 2. The molecule has 0 radical (unpaired) electrons. The van der Waals surface area contributed by atoms with E-state index in [1.54, 1.807) is 48.3 Å². The Balaban J connectivity index is 1.48. The summed E-state index contributed by atoms with van der Waals surface area (Å²) in [5.74, 6) is -2.20. The Morgan fingerprint density at radius 2 is 1.43 bits per heavy atom. The predicted octanol–water partition coefficient (Wildman–Crippen LogP) is 8.34. The number of likely N-dealkylation sites (N-methyl/N-ethyl adjacent to an activating group) is 1. The van der Waals surface area contributed by atoms with Crippen LogP contribution in [0, 0.1) is 11.6 Å². The minimum atomic E-state index is -4.40. The standard InChI is InChI=1S/C35H33F5N2O2/c1-23(11-14-28-7-6-9-31(36)34(28)37)42(32-10-5-4-8-30(32)24(2)43)22-33(44)41(3)21-25-12-15-26(16-13-25)27-17-19-29(20-18-27)35(38,39)40/h4-10,12-13,15-20,23H,11,14,21-22H2,1-3H3. The molecule has 0 aliphatic rings. The number of ketones is 1. The third kappa shape index (κ3) is 7.89. The quantitative estimate of drug-likeness (QED) is 0.127. The number of nitrogens with zero attached hydrogens (tertiary/aromatic N) is 2. The van der Waals surface area contributed by atoms with Crippen molar-refractivity contribution in [3.8, 4) is 11.1 Å². The molecule has 0 saturated carbocycles. The van der Waals surface area contributed by atoms with Crippen LogP contribution in [0.5, 0.6) is 0 Å². The van der Waals surface area contributed by atoms with Crippen LogP contribution in [0.1, 0.15) is 47.3 Å². The third-order valence-electron chi connectivity index (χ3n) is 7.64. The van der Waals surface area contributed by atoms with Crippen molar-refractivity contribution in [2.24, 2.45) is 0 Å². The average Bonchev–Trinajstić information content (AvgIpc) is 3.00. The van der Waals surface area contributed by atoms with E-state index in [2.05, 4.69) is 0 Å². The van der Waals surface area contributed by atoms with Gasteiger partial charge in [-0.15, -0.1) is 0 Å². The average molecular weight is 609 g/mol. The summed E-state index contributed by atoms with van der Waals surface area (Å²) in [6.07, 6.45) is -3.77. The summed E-state index contributed by atoms with van der Waals surface area (Å²) >= 11 is 0. The highest BCUT2D eigenvalue weighted by Gasteiger charge is 2.30. The molecule has 1 unspecified atom stereocenters. The molecule has 1 atom stereocenters. The van der Waals surface area contributed by atoms with Crippen LogP contribution >= 0.6 is 0 Å². The first-order valence-corrected chi connectivity index (χ1v) is 14.1. The molecular weight excluding hydrogens is 575 g/mol. The van der Waals surface area contributed by atoms with Crippen molar-refractivity contribution in [2.75, 3.05) is 18.5 Å². The van der Waals surface area contributed by atoms with E-state index in [0.29, 0.717) is 23.2 Å². The van der Waals surface area contributed by atoms with Crippen LogP contribution in [0.2, 0.25) is 0 Å². The number of carbonyl (C=O) groups excluding carboxylic acids is 2. The van der Waals surface area contributed by atoms with Gasteiger partial charge in [0.25, 0.3) is 0 Å². The fraction of sp³-hybridized carbons (Fsp3) is 0.257. The molecule has 230 valence electrons. The van der Waals surface area contributed by atoms with Gasteiger partial charge in [-0.1, -0.05) is 60.7 Å². The lowest BCUT2D eigenvalue weighted by Gasteiger charge is -2.33. The Kier molecular flexibility index (Phi) is 10.2. The van der Waals surface area contributed by atoms with Gasteiger partial charge < -0.3 is 9.80 Å². The molecule has 0 fully saturated rings. The molecule has 4 aromatic rings. The molecule has 0 heterocycles. The predicted molar refractivity (Wildman–Crippen MR) is 161 cm³/mol. The van der Waals surface area contributed by atoms with Gasteiger partial charge in [0.2, 0.25) is 5.91 Å². The number of alkyl halides is 3. The number of halogens is 5. The zero-order valence-corrected chi connectivity index (χ0v) is 24.7. The van der Waals surface area contributed by atoms with E-state index in [4.69, 9.17) is 0 Å². The zero-order chi connectivity index (χ0) is 32.0. The fourth-order valence-electron chi connectivity index (χ4n) is 5.04. The van der Waals surface area contributed by atoms with Crippen LogP contribution in [-0.4, -0.2) is 36.2 Å². The van der Waals surface area contributed by atoms with Crippen molar-refractivity contribution < 1.29 is 31.5 Å². The molecule has 44 heavy (non-hydrogen) atoms. The van der Waals surface area contributed by atoms with Crippen LogP contribution < -0.4 is 4.90 Å². The molecule has 0 aliphatic heterocycles. The lowest BCUT2D eigenvalue weighted by atomic mass is 10.0. The maximum atomic E-state index is 14.3. The summed E-state index contributed by atoms with van der Waals surface area (Å²) in [7, 11) is 1.66. The van der Waals surface area contributed by atoms with Gasteiger partial charge in [-0.2, -0.15) is 13.2 Å². The van der Waals surface area contributed by atoms with Gasteiger partial charge in [0.1, 0.15) is 0 Å². The van der Waals surface area contributed by atoms with Crippen molar-refractivity contribution in [1.29, 1.82) is 0 Å². The lowest BCUT2D eigenvalue weighted by molar-refractivity contribution is -0.137. The van der Waals surface area contributed by atoms with Gasteiger partial charge in [-0.3, -0.25) is 9.59 Å². The normalized spacial score (nSPS) is 12.1. The van der Waals surface area contributed by atoms with Gasteiger partial charge in [-0.05, 0) is 79.3 Å². The molecule has 4 aromatic carbocycles. The van der Waals surface area contributed by atoms with Crippen LogP contribution in [0.25, 0.3) is 11.1 Å². The summed E-state index contributed by atoms with van der Waals surface area (Å²) in [6, 6.07) is 22.9. The summed E-state index contributed by atoms with van der Waals surface area (Å²) < 4.78 is 66.8. The Morgan fingerprint density at radius 1 is 0.818 bits per heavy atom. The van der Waals surface area contributed by atoms with Crippen LogP contribution in [-0.2, 0) is 23.9 Å². The highest BCUT2D eigenvalue weighted by Crippen LogP contribution is 2.31. The lowest BCUT2D eigenvalue weighted by Crippen LogP contribution is -2.43. The molecule has 0 spiro atoms. The number of para-hydroxylation sites is 1. The minimum Gasteiger partial charge on any atom is -0.359 e. The second-order valence-corrected chi connectivity index (χ2v) is 10.8. The van der Waals surface area contributed by atoms with E-state index in [1.807, 2.05) is 24.0 Å². The molecule has 0 aromatic heterocycles. The van der Waals surface area contributed by atoms with E-state index in [0.717, 1.165) is 29.3 Å². The summed E-state index contributed by atoms with van der Waals surface area (Å²) in [4.78, 5) is 29.3. The largest absolute Gasteiger partial charge is 0.416 e. The molecule has 9 heteroatoms. The number of anilines is 1. The van der Waals surface area contributed by atoms with Crippen LogP contribution in [0.4, 0.5) is 27.6 Å². The van der Waals surface area contributed by atoms with Crippen molar-refractivity contribution >= 4 is 17.4 Å². The first-order valence-electron chi connectivity index (χ1n) is 14.1. The van der Waals surface area contributed by atoms with E-state index >= 15 is 0 Å². The van der Waals surface area contributed by atoms with E-state index in [1.165, 1.54) is 31.2 Å². The van der Waals surface area contributed by atoms with Crippen molar-refractivity contribution in [3.63, 3.8) is 0 Å². The van der Waals surface area contributed by atoms with Gasteiger partial charge >= 0.3 is 6.18 Å². The highest BCUT2D eigenvalue weighted by molar-refractivity contribution is 6.00. The second-order valence-electron chi connectivity index (χ2n) is 10.8. The van der Waals surface area contributed by atoms with Gasteiger partial charge in [0.15, 0.2) is 17.4 Å². The molecule has 0 saturated heterocycles. The summed E-state index contributed by atoms with van der Waals surface area (Å²) in [5, 5.41) is 0. The van der Waals surface area contributed by atoms with Gasteiger partial charge in [0.05, 0.1) is 12.1 Å². The molecule has 4 nitrogen and oxygen atoms in total. The minimum absolute atomic E-state index is 0.0583. The monoisotopic (exact) mass is 608 g/mol. The first-order chi connectivity index (χ1) is 20.8. The van der Waals surface area contributed by atoms with Crippen molar-refractivity contribution in [2.45, 2.75) is 45.5 Å². The molecular formula is C35H33F5N2O2. The Labute approximate surface area is 253 Å². The number of amides is 1. The Morgan fingerprint density at radius 3 is 2.05 bits per heavy atom. The fourth-order valence-corrected chi connectivity index (χ4v) is 5.04. The maximum absolute atomic E-state index is 14.3. The summed E-state index contributed by atoms with van der Waals surface area (Å²) in [6.45, 7) is 3.54. The summed E-state index contributed by atoms with van der Waals surface area (Å²) in [5.41, 5.74) is 2.75. The molecule has 0 N–H and O–H groups in total. The molecule has 0 aliphatic carbocycles. The first kappa shape index (κ1) is 32.4. The topological polar surface area (TPSA) is 40.6 Å². The molecule has 1 amide bonds. The van der Waals surface area contributed by atoms with Gasteiger partial charge in [-0.25, -0.2) is 8.78 Å². The Hall–Kier alpha value is -4.53. The Bertz CT molecular complexity index is 1600. The highest BCUT2D eigenvalue weighted by atomic mass is 19.4. The van der Waals surface area contributed by atoms with Crippen molar-refractivity contribution in [3.05, 3.63) is 125 Å². The number of Topliss-reactive ketones (excluding diaryl/α,β-unsaturated/α-hetero) is 1. The maximum Gasteiger partial charge on any atom is 0.416 e. The van der Waals surface area contributed by atoms with Crippen LogP contribution in [0.3, 0.4) is 0 Å². The number of hydrogen-bond donors (Lipinski definition) is 0. The number of hydrogen-bond acceptors (Lipinski definition) is 3. The second kappa shape index (κ2) is 13.8. The van der Waals surface area contributed by atoms with Crippen LogP contribution in [0.15, 0.2) is 91.0 Å². The van der Waals surface area contributed by atoms with E-state index in [9.17, 15) is 31.5 Å². The number of rotatable bonds is 11. The smallest absolute Gasteiger partial charge is 0.359 e. The van der Waals surface area contributed by atoms with E-state index in [-0.39, 0.29) is 42.8 Å². The van der Waals surface area contributed by atoms with Gasteiger partial charge in [0, 0.05) is 30.9 Å². The SMILES string of the molecule is CC(=O)c1ccccc1N(CC(=O)N(C)Cc1ccc(-c2ccc(C(F)(F)F)cc2)cc1)C(C)CCc1cccc(F)c1F. The zero-order valence-electron chi connectivity index (χ0n) is 24.7. The number of aryl methyl sites for hydroxylation is 1. The molecule has 0 bridgehead atoms. The molecule has 4 rings (SSSR count). The number of benzene rings is 4. The van der Waals surface area contributed by atoms with E-state index < -0.39 is 23.4 Å².